The number of hydrogen-bond donors (Lipinski definition) is 2. The molecule has 2 amide bonds. The minimum absolute atomic E-state index is 0.113. The quantitative estimate of drug-likeness (QED) is 0.661. The Balaban J connectivity index is 1.37. The average molecular weight is 422 g/mol. The lowest BCUT2D eigenvalue weighted by atomic mass is 10.2. The summed E-state index contributed by atoms with van der Waals surface area (Å²) < 4.78 is 4.15. The largest absolute Gasteiger partial charge is 0.395 e. The lowest BCUT2D eigenvalue weighted by molar-refractivity contribution is 0.0752. The van der Waals surface area contributed by atoms with Crippen molar-refractivity contribution in [2.24, 2.45) is 0 Å². The first-order valence-corrected chi connectivity index (χ1v) is 10.6. The van der Waals surface area contributed by atoms with Gasteiger partial charge in [0.05, 0.1) is 5.69 Å². The molecule has 154 valence electrons. The van der Waals surface area contributed by atoms with Crippen molar-refractivity contribution in [2.75, 3.05) is 36.8 Å². The number of carbonyl (C=O) groups is 2. The minimum atomic E-state index is -0.374. The van der Waals surface area contributed by atoms with Crippen LogP contribution in [0.4, 0.5) is 11.4 Å². The number of benzene rings is 2. The number of anilines is 2. The monoisotopic (exact) mass is 421 g/mol. The molecule has 0 spiro atoms. The molecule has 1 saturated heterocycles. The number of carbonyl (C=O) groups excluding carboxylic acids is 2. The minimum Gasteiger partial charge on any atom is -0.395 e. The molecule has 8 heteroatoms. The van der Waals surface area contributed by atoms with Gasteiger partial charge in [-0.05, 0) is 29.2 Å². The van der Waals surface area contributed by atoms with Crippen LogP contribution in [0, 0.1) is 0 Å². The highest BCUT2D eigenvalue weighted by atomic mass is 32.1. The Labute approximate surface area is 179 Å². The summed E-state index contributed by atoms with van der Waals surface area (Å²) in [4.78, 5) is 29.8. The zero-order valence-electron chi connectivity index (χ0n) is 16.5. The van der Waals surface area contributed by atoms with Gasteiger partial charge in [-0.1, -0.05) is 48.5 Å². The summed E-state index contributed by atoms with van der Waals surface area (Å²) in [6.07, 6.45) is 0. The third-order valence-electron chi connectivity index (χ3n) is 5.12. The van der Waals surface area contributed by atoms with Crippen molar-refractivity contribution >= 4 is 34.7 Å². The maximum absolute atomic E-state index is 12.9. The number of piperazine rings is 1. The Hall–Kier alpha value is -3.39. The molecule has 0 saturated carbocycles. The number of amides is 2. The van der Waals surface area contributed by atoms with E-state index in [1.54, 1.807) is 4.90 Å². The molecule has 0 bridgehead atoms. The molecule has 0 radical (unpaired) electrons. The maximum Gasteiger partial charge on any atom is 0.273 e. The molecule has 3 N–H and O–H groups in total. The summed E-state index contributed by atoms with van der Waals surface area (Å²) in [7, 11) is 0. The summed E-state index contributed by atoms with van der Waals surface area (Å²) in [6.45, 7) is 3.07. The van der Waals surface area contributed by atoms with Gasteiger partial charge in [0.15, 0.2) is 5.69 Å². The van der Waals surface area contributed by atoms with Crippen LogP contribution in [0.15, 0.2) is 60.7 Å². The van der Waals surface area contributed by atoms with E-state index < -0.39 is 0 Å². The highest BCUT2D eigenvalue weighted by Gasteiger charge is 2.28. The molecule has 2 aromatic carbocycles. The van der Waals surface area contributed by atoms with Crippen LogP contribution < -0.4 is 16.0 Å². The number of nitrogens with two attached hydrogens (primary N) is 1. The Kier molecular flexibility index (Phi) is 5.94. The number of para-hydroxylation sites is 1. The van der Waals surface area contributed by atoms with Crippen molar-refractivity contribution in [2.45, 2.75) is 6.54 Å². The van der Waals surface area contributed by atoms with Gasteiger partial charge in [0.25, 0.3) is 11.8 Å². The van der Waals surface area contributed by atoms with E-state index in [4.69, 9.17) is 5.73 Å². The maximum atomic E-state index is 12.9. The van der Waals surface area contributed by atoms with Crippen molar-refractivity contribution in [3.8, 4) is 0 Å². The number of nitrogens with one attached hydrogen (secondary N) is 1. The van der Waals surface area contributed by atoms with E-state index in [9.17, 15) is 9.59 Å². The first kappa shape index (κ1) is 19.9. The van der Waals surface area contributed by atoms with Gasteiger partial charge in [-0.3, -0.25) is 9.59 Å². The van der Waals surface area contributed by atoms with Gasteiger partial charge in [-0.15, -0.1) is 0 Å². The van der Waals surface area contributed by atoms with E-state index in [-0.39, 0.29) is 23.2 Å². The van der Waals surface area contributed by atoms with Gasteiger partial charge >= 0.3 is 0 Å². The molecule has 30 heavy (non-hydrogen) atoms. The standard InChI is InChI=1S/C22H23N5O2S/c23-18-19(21(28)24-15-16-7-3-1-4-8-16)25-30-20(18)22(29)27-13-11-26(12-14-27)17-9-5-2-6-10-17/h1-10H,11-15,23H2,(H,24,28). The number of hydrogen-bond acceptors (Lipinski definition) is 6. The predicted octanol–water partition coefficient (Wildman–Crippen LogP) is 2.62. The normalized spacial score (nSPS) is 13.9. The van der Waals surface area contributed by atoms with Gasteiger partial charge in [0, 0.05) is 38.4 Å². The molecule has 7 nitrogen and oxygen atoms in total. The van der Waals surface area contributed by atoms with Crippen LogP contribution in [0.2, 0.25) is 0 Å². The molecule has 1 aliphatic heterocycles. The molecule has 1 aromatic heterocycles. The van der Waals surface area contributed by atoms with E-state index in [0.717, 1.165) is 35.9 Å². The first-order chi connectivity index (χ1) is 14.6. The fraction of sp³-hybridized carbons (Fsp3) is 0.227. The summed E-state index contributed by atoms with van der Waals surface area (Å²) in [6, 6.07) is 19.7. The molecule has 1 aliphatic rings. The zero-order valence-corrected chi connectivity index (χ0v) is 17.3. The predicted molar refractivity (Wildman–Crippen MR) is 119 cm³/mol. The molecule has 0 aliphatic carbocycles. The third kappa shape index (κ3) is 4.28. The molecule has 2 heterocycles. The van der Waals surface area contributed by atoms with Crippen LogP contribution >= 0.6 is 11.5 Å². The smallest absolute Gasteiger partial charge is 0.273 e. The molecular weight excluding hydrogens is 398 g/mol. The van der Waals surface area contributed by atoms with Crippen molar-refractivity contribution in [1.29, 1.82) is 0 Å². The van der Waals surface area contributed by atoms with E-state index >= 15 is 0 Å². The number of rotatable bonds is 5. The van der Waals surface area contributed by atoms with Crippen LogP contribution in [0.3, 0.4) is 0 Å². The highest BCUT2D eigenvalue weighted by molar-refractivity contribution is 7.09. The van der Waals surface area contributed by atoms with Gasteiger partial charge in [0.1, 0.15) is 4.88 Å². The van der Waals surface area contributed by atoms with Crippen molar-refractivity contribution in [3.63, 3.8) is 0 Å². The summed E-state index contributed by atoms with van der Waals surface area (Å²) in [5.74, 6) is -0.541. The second-order valence-electron chi connectivity index (χ2n) is 7.06. The molecule has 0 unspecified atom stereocenters. The lowest BCUT2D eigenvalue weighted by Crippen LogP contribution is -2.48. The van der Waals surface area contributed by atoms with Crippen LogP contribution in [0.1, 0.15) is 25.7 Å². The SMILES string of the molecule is Nc1c(C(=O)NCc2ccccc2)nsc1C(=O)N1CCN(c2ccccc2)CC1. The molecule has 0 atom stereocenters. The Morgan fingerprint density at radius 2 is 1.60 bits per heavy atom. The van der Waals surface area contributed by atoms with E-state index in [1.165, 1.54) is 0 Å². The number of nitrogens with zero attached hydrogens (tertiary/aromatic N) is 3. The van der Waals surface area contributed by atoms with E-state index in [2.05, 4.69) is 26.7 Å². The average Bonchev–Trinajstić information content (AvgIpc) is 3.19. The topological polar surface area (TPSA) is 91.6 Å². The highest BCUT2D eigenvalue weighted by Crippen LogP contribution is 2.25. The zero-order chi connectivity index (χ0) is 20.9. The van der Waals surface area contributed by atoms with Gasteiger partial charge < -0.3 is 20.9 Å². The molecule has 3 aromatic rings. The summed E-state index contributed by atoms with van der Waals surface area (Å²) >= 11 is 0.984. The van der Waals surface area contributed by atoms with Crippen LogP contribution in [-0.4, -0.2) is 47.3 Å². The Morgan fingerprint density at radius 1 is 0.967 bits per heavy atom. The summed E-state index contributed by atoms with van der Waals surface area (Å²) in [5.41, 5.74) is 8.53. The molecule has 1 fully saturated rings. The number of nitrogen functional groups attached to an aromatic ring is 1. The fourth-order valence-corrected chi connectivity index (χ4v) is 4.19. The van der Waals surface area contributed by atoms with Crippen LogP contribution in [0.25, 0.3) is 0 Å². The second kappa shape index (κ2) is 8.96. The van der Waals surface area contributed by atoms with Crippen molar-refractivity contribution in [3.05, 3.63) is 76.8 Å². The fourth-order valence-electron chi connectivity index (χ4n) is 3.43. The number of aromatic nitrogens is 1. The van der Waals surface area contributed by atoms with Crippen molar-refractivity contribution in [1.82, 2.24) is 14.6 Å². The van der Waals surface area contributed by atoms with Gasteiger partial charge in [-0.2, -0.15) is 4.37 Å². The van der Waals surface area contributed by atoms with Crippen LogP contribution in [-0.2, 0) is 6.54 Å². The van der Waals surface area contributed by atoms with Gasteiger partial charge in [-0.25, -0.2) is 0 Å². The van der Waals surface area contributed by atoms with E-state index in [0.29, 0.717) is 24.5 Å². The first-order valence-electron chi connectivity index (χ1n) is 9.80. The summed E-state index contributed by atoms with van der Waals surface area (Å²) in [5, 5.41) is 2.81. The Morgan fingerprint density at radius 3 is 2.27 bits per heavy atom. The van der Waals surface area contributed by atoms with Gasteiger partial charge in [0.2, 0.25) is 0 Å². The molecular formula is C22H23N5O2S. The molecule has 4 rings (SSSR count). The Bertz CT molecular complexity index is 1010. The second-order valence-corrected chi connectivity index (χ2v) is 7.83. The van der Waals surface area contributed by atoms with E-state index in [1.807, 2.05) is 48.5 Å². The van der Waals surface area contributed by atoms with Crippen molar-refractivity contribution < 1.29 is 9.59 Å². The lowest BCUT2D eigenvalue weighted by Gasteiger charge is -2.36. The van der Waals surface area contributed by atoms with Crippen LogP contribution in [0.5, 0.6) is 0 Å². The third-order valence-corrected chi connectivity index (χ3v) is 5.97.